The van der Waals surface area contributed by atoms with Crippen LogP contribution in [0.2, 0.25) is 0 Å². The zero-order valence-corrected chi connectivity index (χ0v) is 16.9. The molecule has 0 unspecified atom stereocenters. The van der Waals surface area contributed by atoms with Gasteiger partial charge in [-0.2, -0.15) is 0 Å². The summed E-state index contributed by atoms with van der Waals surface area (Å²) in [5.41, 5.74) is 0.996. The molecule has 27 heavy (non-hydrogen) atoms. The summed E-state index contributed by atoms with van der Waals surface area (Å²) >= 11 is 3.31. The van der Waals surface area contributed by atoms with Crippen molar-refractivity contribution in [3.05, 3.63) is 58.6 Å². The summed E-state index contributed by atoms with van der Waals surface area (Å²) in [5.74, 6) is -0.203. The zero-order chi connectivity index (χ0) is 19.6. The van der Waals surface area contributed by atoms with Gasteiger partial charge in [0.05, 0.1) is 10.1 Å². The van der Waals surface area contributed by atoms with Crippen molar-refractivity contribution in [2.45, 2.75) is 24.0 Å². The first-order valence-electron chi connectivity index (χ1n) is 8.02. The fourth-order valence-corrected chi connectivity index (χ4v) is 3.54. The molecule has 9 heteroatoms. The van der Waals surface area contributed by atoms with Crippen LogP contribution < -0.4 is 5.32 Å². The van der Waals surface area contributed by atoms with Gasteiger partial charge in [0.1, 0.15) is 0 Å². The largest absolute Gasteiger partial charge is 0.403 e. The molecule has 1 heterocycles. The number of halogens is 1. The summed E-state index contributed by atoms with van der Waals surface area (Å²) in [5, 5.41) is 9.71. The highest BCUT2D eigenvalue weighted by Crippen LogP contribution is 2.23. The van der Waals surface area contributed by atoms with E-state index in [9.17, 15) is 13.2 Å². The Morgan fingerprint density at radius 3 is 2.26 bits per heavy atom. The Balaban J connectivity index is 1.76. The van der Waals surface area contributed by atoms with Gasteiger partial charge in [0, 0.05) is 15.6 Å². The molecule has 3 aromatic rings. The fourth-order valence-electron chi connectivity index (χ4n) is 2.22. The van der Waals surface area contributed by atoms with E-state index in [-0.39, 0.29) is 22.7 Å². The molecule has 0 radical (unpaired) electrons. The number of carbonyl (C=O) groups excluding carboxylic acids is 1. The van der Waals surface area contributed by atoms with Crippen LogP contribution in [0.3, 0.4) is 0 Å². The third-order valence-electron chi connectivity index (χ3n) is 3.80. The van der Waals surface area contributed by atoms with Crippen LogP contribution in [0, 0.1) is 0 Å². The van der Waals surface area contributed by atoms with Crippen molar-refractivity contribution in [2.75, 3.05) is 5.32 Å². The Morgan fingerprint density at radius 1 is 1.04 bits per heavy atom. The summed E-state index contributed by atoms with van der Waals surface area (Å²) in [7, 11) is -3.35. The van der Waals surface area contributed by atoms with Crippen molar-refractivity contribution in [1.82, 2.24) is 10.2 Å². The van der Waals surface area contributed by atoms with Crippen molar-refractivity contribution in [1.29, 1.82) is 0 Å². The number of benzene rings is 2. The van der Waals surface area contributed by atoms with E-state index in [1.165, 1.54) is 12.1 Å². The molecule has 0 bridgehead atoms. The van der Waals surface area contributed by atoms with Gasteiger partial charge in [0.2, 0.25) is 5.89 Å². The summed E-state index contributed by atoms with van der Waals surface area (Å²) in [6.07, 6.45) is 0. The summed E-state index contributed by atoms with van der Waals surface area (Å²) in [6, 6.07) is 12.9. The number of sulfone groups is 1. The van der Waals surface area contributed by atoms with Gasteiger partial charge in [-0.15, -0.1) is 5.10 Å². The number of nitrogens with one attached hydrogen (secondary N) is 1. The van der Waals surface area contributed by atoms with Gasteiger partial charge in [-0.1, -0.05) is 21.0 Å². The Bertz CT molecular complexity index is 1060. The lowest BCUT2D eigenvalue weighted by atomic mass is 10.2. The maximum Gasteiger partial charge on any atom is 0.322 e. The number of anilines is 1. The van der Waals surface area contributed by atoms with E-state index in [1.54, 1.807) is 50.2 Å². The van der Waals surface area contributed by atoms with Crippen LogP contribution in [0.1, 0.15) is 24.2 Å². The molecule has 0 saturated heterocycles. The smallest absolute Gasteiger partial charge is 0.322 e. The first kappa shape index (κ1) is 19.2. The van der Waals surface area contributed by atoms with Crippen molar-refractivity contribution in [3.63, 3.8) is 0 Å². The normalized spacial score (nSPS) is 11.6. The summed E-state index contributed by atoms with van der Waals surface area (Å²) < 4.78 is 30.6. The second kappa shape index (κ2) is 7.61. The molecule has 0 atom stereocenters. The fraction of sp³-hybridized carbons (Fsp3) is 0.167. The van der Waals surface area contributed by atoms with Gasteiger partial charge < -0.3 is 4.42 Å². The number of hydrogen-bond acceptors (Lipinski definition) is 6. The van der Waals surface area contributed by atoms with Crippen molar-refractivity contribution < 1.29 is 17.6 Å². The Kier molecular flexibility index (Phi) is 5.43. The van der Waals surface area contributed by atoms with Crippen LogP contribution in [0.25, 0.3) is 11.5 Å². The minimum absolute atomic E-state index is 0.0446. The molecule has 3 rings (SSSR count). The monoisotopic (exact) mass is 449 g/mol. The molecule has 0 aliphatic heterocycles. The number of hydrogen-bond donors (Lipinski definition) is 1. The maximum absolute atomic E-state index is 12.2. The van der Waals surface area contributed by atoms with E-state index in [4.69, 9.17) is 4.42 Å². The van der Waals surface area contributed by atoms with E-state index >= 15 is 0 Å². The van der Waals surface area contributed by atoms with E-state index in [2.05, 4.69) is 31.4 Å². The number of rotatable bonds is 5. The lowest BCUT2D eigenvalue weighted by Gasteiger charge is -2.07. The Labute approximate surface area is 164 Å². The maximum atomic E-state index is 12.2. The minimum atomic E-state index is -3.35. The van der Waals surface area contributed by atoms with E-state index < -0.39 is 15.1 Å². The molecule has 0 spiro atoms. The quantitative estimate of drug-likeness (QED) is 0.632. The van der Waals surface area contributed by atoms with Gasteiger partial charge in [-0.3, -0.25) is 10.1 Å². The second-order valence-corrected chi connectivity index (χ2v) is 9.41. The standard InChI is InChI=1S/C18H16BrN3O4S/c1-11(2)27(24,25)15-9-5-13(6-10-15)17-21-22-18(26-17)20-16(23)12-3-7-14(19)8-4-12/h3-11H,1-2H3,(H,20,22,23). The van der Waals surface area contributed by atoms with Gasteiger partial charge in [-0.25, -0.2) is 8.42 Å². The minimum Gasteiger partial charge on any atom is -0.403 e. The molecule has 1 N–H and O–H groups in total. The van der Waals surface area contributed by atoms with Crippen molar-refractivity contribution in [2.24, 2.45) is 0 Å². The Morgan fingerprint density at radius 2 is 1.67 bits per heavy atom. The lowest BCUT2D eigenvalue weighted by Crippen LogP contribution is -2.13. The third kappa shape index (κ3) is 4.25. The Hall–Kier alpha value is -2.52. The predicted octanol–water partition coefficient (Wildman–Crippen LogP) is 3.93. The van der Waals surface area contributed by atoms with Gasteiger partial charge in [-0.05, 0) is 62.4 Å². The number of amides is 1. The van der Waals surface area contributed by atoms with Gasteiger partial charge >= 0.3 is 6.01 Å². The third-order valence-corrected chi connectivity index (χ3v) is 6.50. The van der Waals surface area contributed by atoms with Crippen LogP contribution >= 0.6 is 15.9 Å². The number of carbonyl (C=O) groups is 1. The molecular weight excluding hydrogens is 434 g/mol. The molecular formula is C18H16BrN3O4S. The van der Waals surface area contributed by atoms with Crippen LogP contribution in [-0.4, -0.2) is 29.8 Å². The van der Waals surface area contributed by atoms with Gasteiger partial charge in [0.15, 0.2) is 9.84 Å². The highest BCUT2D eigenvalue weighted by molar-refractivity contribution is 9.10. The van der Waals surface area contributed by atoms with Crippen LogP contribution in [0.15, 0.2) is 62.3 Å². The molecule has 7 nitrogen and oxygen atoms in total. The summed E-state index contributed by atoms with van der Waals surface area (Å²) in [4.78, 5) is 12.4. The lowest BCUT2D eigenvalue weighted by molar-refractivity contribution is 0.102. The SMILES string of the molecule is CC(C)S(=O)(=O)c1ccc(-c2nnc(NC(=O)c3ccc(Br)cc3)o2)cc1. The van der Waals surface area contributed by atoms with E-state index in [1.807, 2.05) is 0 Å². The first-order chi connectivity index (χ1) is 12.8. The zero-order valence-electron chi connectivity index (χ0n) is 14.5. The average Bonchev–Trinajstić information content (AvgIpc) is 3.10. The molecule has 140 valence electrons. The molecule has 0 saturated carbocycles. The highest BCUT2D eigenvalue weighted by atomic mass is 79.9. The van der Waals surface area contributed by atoms with Crippen molar-refractivity contribution in [3.8, 4) is 11.5 Å². The van der Waals surface area contributed by atoms with Crippen LogP contribution in [-0.2, 0) is 9.84 Å². The van der Waals surface area contributed by atoms with Gasteiger partial charge in [0.25, 0.3) is 5.91 Å². The predicted molar refractivity (Wildman–Crippen MR) is 104 cm³/mol. The molecule has 0 aliphatic rings. The molecule has 1 aromatic heterocycles. The molecule has 0 fully saturated rings. The average molecular weight is 450 g/mol. The van der Waals surface area contributed by atoms with Crippen LogP contribution in [0.4, 0.5) is 6.01 Å². The topological polar surface area (TPSA) is 102 Å². The van der Waals surface area contributed by atoms with Crippen LogP contribution in [0.5, 0.6) is 0 Å². The molecule has 1 amide bonds. The number of aromatic nitrogens is 2. The van der Waals surface area contributed by atoms with Crippen molar-refractivity contribution >= 4 is 37.7 Å². The molecule has 2 aromatic carbocycles. The molecule has 0 aliphatic carbocycles. The number of nitrogens with zero attached hydrogens (tertiary/aromatic N) is 2. The summed E-state index contributed by atoms with van der Waals surface area (Å²) in [6.45, 7) is 3.25. The first-order valence-corrected chi connectivity index (χ1v) is 10.4. The highest BCUT2D eigenvalue weighted by Gasteiger charge is 2.19. The van der Waals surface area contributed by atoms with E-state index in [0.29, 0.717) is 11.1 Å². The second-order valence-electron chi connectivity index (χ2n) is 5.99. The van der Waals surface area contributed by atoms with E-state index in [0.717, 1.165) is 4.47 Å².